The molecule has 1 aliphatic heterocycles. The normalized spacial score (nSPS) is 15.8. The van der Waals surface area contributed by atoms with Gasteiger partial charge in [-0.25, -0.2) is 4.98 Å². The molecule has 0 atom stereocenters. The summed E-state index contributed by atoms with van der Waals surface area (Å²) < 4.78 is 1.99. The van der Waals surface area contributed by atoms with Gasteiger partial charge in [-0.15, -0.1) is 0 Å². The molecule has 1 aromatic carbocycles. The molecule has 0 bridgehead atoms. The molecule has 0 aliphatic carbocycles. The number of pyridine rings is 2. The van der Waals surface area contributed by atoms with E-state index in [0.717, 1.165) is 25.9 Å². The van der Waals surface area contributed by atoms with Crippen LogP contribution in [0.15, 0.2) is 47.4 Å². The first-order valence-electron chi connectivity index (χ1n) is 8.35. The zero-order valence-electron chi connectivity index (χ0n) is 14.4. The van der Waals surface area contributed by atoms with Gasteiger partial charge in [-0.2, -0.15) is 0 Å². The number of benzene rings is 1. The molecule has 26 heavy (non-hydrogen) atoms. The van der Waals surface area contributed by atoms with Crippen LogP contribution in [-0.4, -0.2) is 40.3 Å². The van der Waals surface area contributed by atoms with Gasteiger partial charge in [0.15, 0.2) is 11.4 Å². The van der Waals surface area contributed by atoms with Crippen molar-refractivity contribution in [2.24, 2.45) is 0 Å². The molecule has 0 saturated carbocycles. The summed E-state index contributed by atoms with van der Waals surface area (Å²) in [6, 6.07) is 10.7. The standard InChI is InChI=1S/C19H18ClN3O2.H2O/c1-23(10-2-3-11-23)16-17(24)15-8-5-9-21-18(15)22(19(16)25)14-7-4-6-13(20)12-14;/h4-9,12H,2-3,10-11H2,1H3;1H2. The zero-order valence-corrected chi connectivity index (χ0v) is 15.1. The molecule has 2 aromatic heterocycles. The summed E-state index contributed by atoms with van der Waals surface area (Å²) >= 11 is 6.13. The van der Waals surface area contributed by atoms with E-state index in [1.54, 1.807) is 41.1 Å². The van der Waals surface area contributed by atoms with Crippen LogP contribution in [0.2, 0.25) is 5.02 Å². The maximum Gasteiger partial charge on any atom is 0.322 e. The third-order valence-corrected chi connectivity index (χ3v) is 5.28. The summed E-state index contributed by atoms with van der Waals surface area (Å²) in [6.45, 7) is 1.67. The second-order valence-corrected chi connectivity index (χ2v) is 7.18. The van der Waals surface area contributed by atoms with E-state index in [4.69, 9.17) is 11.6 Å². The number of quaternary nitrogens is 1. The van der Waals surface area contributed by atoms with Gasteiger partial charge in [0.05, 0.1) is 31.2 Å². The van der Waals surface area contributed by atoms with Gasteiger partial charge in [0.2, 0.25) is 5.69 Å². The van der Waals surface area contributed by atoms with Crippen LogP contribution in [0.25, 0.3) is 16.7 Å². The number of hydrogen-bond donors (Lipinski definition) is 1. The summed E-state index contributed by atoms with van der Waals surface area (Å²) in [6.07, 6.45) is 3.70. The number of hydrogen-bond acceptors (Lipinski definition) is 4. The summed E-state index contributed by atoms with van der Waals surface area (Å²) in [5.74, 6) is 0.0378. The zero-order chi connectivity index (χ0) is 17.6. The first kappa shape index (κ1) is 18.4. The van der Waals surface area contributed by atoms with Gasteiger partial charge >= 0.3 is 5.56 Å². The largest absolute Gasteiger partial charge is 0.870 e. The first-order valence-corrected chi connectivity index (χ1v) is 8.73. The Labute approximate surface area is 155 Å². The smallest absolute Gasteiger partial charge is 0.322 e. The molecule has 3 aromatic rings. The number of nitrogens with zero attached hydrogens (tertiary/aromatic N) is 3. The number of fused-ring (bicyclic) bond motifs is 1. The van der Waals surface area contributed by atoms with E-state index in [0.29, 0.717) is 31.9 Å². The second-order valence-electron chi connectivity index (χ2n) is 6.74. The van der Waals surface area contributed by atoms with Gasteiger partial charge < -0.3 is 10.6 Å². The van der Waals surface area contributed by atoms with Crippen LogP contribution in [0, 0.1) is 0 Å². The van der Waals surface area contributed by atoms with Crippen LogP contribution in [0.3, 0.4) is 0 Å². The molecule has 1 aliphatic rings. The van der Waals surface area contributed by atoms with Gasteiger partial charge in [0.1, 0.15) is 0 Å². The van der Waals surface area contributed by atoms with E-state index >= 15 is 0 Å². The SMILES string of the molecule is C[N+]1(c2c(O)c3cccnc3n(-c3cccc(Cl)c3)c2=O)CCCC1.[OH-]. The molecule has 1 fully saturated rings. The Morgan fingerprint density at radius 3 is 2.62 bits per heavy atom. The van der Waals surface area contributed by atoms with Crippen molar-refractivity contribution >= 4 is 28.3 Å². The monoisotopic (exact) mass is 373 g/mol. The van der Waals surface area contributed by atoms with Crippen LogP contribution in [0.1, 0.15) is 12.8 Å². The van der Waals surface area contributed by atoms with Gasteiger partial charge in [0.25, 0.3) is 0 Å². The highest BCUT2D eigenvalue weighted by atomic mass is 35.5. The Morgan fingerprint density at radius 1 is 1.19 bits per heavy atom. The van der Waals surface area contributed by atoms with Crippen molar-refractivity contribution < 1.29 is 10.6 Å². The quantitative estimate of drug-likeness (QED) is 0.698. The number of likely N-dealkylation sites (tertiary alicyclic amines) is 1. The van der Waals surface area contributed by atoms with E-state index in [1.807, 2.05) is 13.1 Å². The topological polar surface area (TPSA) is 85.1 Å². The highest BCUT2D eigenvalue weighted by Gasteiger charge is 2.37. The highest BCUT2D eigenvalue weighted by Crippen LogP contribution is 2.37. The second kappa shape index (κ2) is 6.72. The fourth-order valence-corrected chi connectivity index (χ4v) is 3.97. The average molecular weight is 374 g/mol. The lowest BCUT2D eigenvalue weighted by atomic mass is 10.2. The molecular formula is C19H20ClN3O3. The summed E-state index contributed by atoms with van der Waals surface area (Å²) in [7, 11) is 2.01. The highest BCUT2D eigenvalue weighted by molar-refractivity contribution is 6.30. The Morgan fingerprint density at radius 2 is 1.92 bits per heavy atom. The maximum atomic E-state index is 13.4. The van der Waals surface area contributed by atoms with Crippen LogP contribution >= 0.6 is 11.6 Å². The molecule has 136 valence electrons. The van der Waals surface area contributed by atoms with Crippen LogP contribution < -0.4 is 10.0 Å². The molecule has 3 heterocycles. The third-order valence-electron chi connectivity index (χ3n) is 5.04. The van der Waals surface area contributed by atoms with Crippen molar-refractivity contribution in [1.29, 1.82) is 0 Å². The van der Waals surface area contributed by atoms with Crippen molar-refractivity contribution in [3.8, 4) is 11.4 Å². The maximum absolute atomic E-state index is 13.4. The van der Waals surface area contributed by atoms with Crippen LogP contribution in [0.5, 0.6) is 5.75 Å². The van der Waals surface area contributed by atoms with E-state index in [1.165, 1.54) is 0 Å². The fraction of sp³-hybridized carbons (Fsp3) is 0.263. The third kappa shape index (κ3) is 2.76. The Bertz CT molecular complexity index is 1030. The van der Waals surface area contributed by atoms with Gasteiger partial charge in [-0.1, -0.05) is 17.7 Å². The number of rotatable bonds is 2. The predicted octanol–water partition coefficient (Wildman–Crippen LogP) is 3.30. The van der Waals surface area contributed by atoms with E-state index in [2.05, 4.69) is 4.98 Å². The lowest BCUT2D eigenvalue weighted by molar-refractivity contribution is 0.376. The van der Waals surface area contributed by atoms with Crippen molar-refractivity contribution in [3.05, 3.63) is 58.0 Å². The molecule has 7 heteroatoms. The molecule has 2 N–H and O–H groups in total. The van der Waals surface area contributed by atoms with Crippen molar-refractivity contribution in [3.63, 3.8) is 0 Å². The van der Waals surface area contributed by atoms with Gasteiger partial charge in [-0.05, 0) is 30.3 Å². The lowest BCUT2D eigenvalue weighted by Crippen LogP contribution is -2.46. The van der Waals surface area contributed by atoms with Crippen molar-refractivity contribution in [2.75, 3.05) is 20.1 Å². The molecule has 0 radical (unpaired) electrons. The molecule has 1 saturated heterocycles. The van der Waals surface area contributed by atoms with Crippen LogP contribution in [-0.2, 0) is 0 Å². The minimum absolute atomic E-state index is 0. The minimum Gasteiger partial charge on any atom is -0.870 e. The summed E-state index contributed by atoms with van der Waals surface area (Å²) in [5.41, 5.74) is 1.27. The predicted molar refractivity (Wildman–Crippen MR) is 103 cm³/mol. The van der Waals surface area contributed by atoms with Gasteiger partial charge in [-0.3, -0.25) is 13.8 Å². The Balaban J connectivity index is 0.00000196. The number of aromatic hydroxyl groups is 1. The summed E-state index contributed by atoms with van der Waals surface area (Å²) in [4.78, 5) is 17.8. The van der Waals surface area contributed by atoms with Crippen LogP contribution in [0.4, 0.5) is 5.69 Å². The number of halogens is 1. The lowest BCUT2D eigenvalue weighted by Gasteiger charge is -2.29. The van der Waals surface area contributed by atoms with Crippen molar-refractivity contribution in [1.82, 2.24) is 14.0 Å². The molecule has 0 amide bonds. The van der Waals surface area contributed by atoms with E-state index in [-0.39, 0.29) is 16.8 Å². The Hall–Kier alpha value is -2.41. The molecular weight excluding hydrogens is 354 g/mol. The number of aromatic nitrogens is 2. The Kier molecular flexibility index (Phi) is 4.75. The van der Waals surface area contributed by atoms with Crippen molar-refractivity contribution in [2.45, 2.75) is 12.8 Å². The molecule has 6 nitrogen and oxygen atoms in total. The summed E-state index contributed by atoms with van der Waals surface area (Å²) in [5, 5.41) is 12.0. The molecule has 0 spiro atoms. The minimum atomic E-state index is -0.240. The fourth-order valence-electron chi connectivity index (χ4n) is 3.79. The van der Waals surface area contributed by atoms with E-state index < -0.39 is 0 Å². The van der Waals surface area contributed by atoms with Gasteiger partial charge in [0, 0.05) is 24.1 Å². The average Bonchev–Trinajstić information content (AvgIpc) is 3.02. The first-order chi connectivity index (χ1) is 12.0. The molecule has 0 unspecified atom stereocenters. The molecule has 4 rings (SSSR count). The van der Waals surface area contributed by atoms with E-state index in [9.17, 15) is 9.90 Å².